The molecule has 0 spiro atoms. The Bertz CT molecular complexity index is 951. The van der Waals surface area contributed by atoms with Gasteiger partial charge in [-0.3, -0.25) is 4.79 Å². The molecule has 7 nitrogen and oxygen atoms in total. The Balaban J connectivity index is 1.57. The predicted octanol–water partition coefficient (Wildman–Crippen LogP) is 3.51. The van der Waals surface area contributed by atoms with E-state index in [1.54, 1.807) is 12.0 Å². The summed E-state index contributed by atoms with van der Waals surface area (Å²) in [6.07, 6.45) is 1.67. The molecule has 31 heavy (non-hydrogen) atoms. The Kier molecular flexibility index (Phi) is 6.13. The fourth-order valence-electron chi connectivity index (χ4n) is 4.45. The van der Waals surface area contributed by atoms with E-state index in [2.05, 4.69) is 5.32 Å². The van der Waals surface area contributed by atoms with Crippen LogP contribution in [0.2, 0.25) is 0 Å². The summed E-state index contributed by atoms with van der Waals surface area (Å²) in [6, 6.07) is 13.6. The number of ether oxygens (including phenoxy) is 3. The summed E-state index contributed by atoms with van der Waals surface area (Å²) in [6.45, 7) is 2.19. The lowest BCUT2D eigenvalue weighted by atomic mass is 9.73. The van der Waals surface area contributed by atoms with Gasteiger partial charge in [0, 0.05) is 32.0 Å². The van der Waals surface area contributed by atoms with Gasteiger partial charge in [-0.25, -0.2) is 4.79 Å². The second-order valence-corrected chi connectivity index (χ2v) is 8.00. The molecule has 0 unspecified atom stereocenters. The van der Waals surface area contributed by atoms with Crippen LogP contribution in [0.3, 0.4) is 0 Å². The van der Waals surface area contributed by atoms with Gasteiger partial charge in [-0.2, -0.15) is 0 Å². The third kappa shape index (κ3) is 4.23. The quantitative estimate of drug-likeness (QED) is 0.813. The molecule has 2 aromatic rings. The molecule has 0 aliphatic carbocycles. The fraction of sp³-hybridized carbons (Fsp3) is 0.417. The summed E-state index contributed by atoms with van der Waals surface area (Å²) in [5.74, 6) is 0.720. The van der Waals surface area contributed by atoms with Gasteiger partial charge in [-0.15, -0.1) is 0 Å². The van der Waals surface area contributed by atoms with Gasteiger partial charge in [0.15, 0.2) is 0 Å². The molecule has 7 heteroatoms. The number of nitrogens with one attached hydrogen (secondary N) is 1. The van der Waals surface area contributed by atoms with Gasteiger partial charge in [-0.05, 0) is 60.2 Å². The molecule has 1 fully saturated rings. The zero-order chi connectivity index (χ0) is 21.8. The SMILES string of the molecule is COC(=O)N1CCc2ccc(NC(=O)C3(c4ccc(OC)cc4)CCOCC3)cc2C1. The maximum atomic E-state index is 13.5. The summed E-state index contributed by atoms with van der Waals surface area (Å²) in [5.41, 5.74) is 3.26. The van der Waals surface area contributed by atoms with Crippen molar-refractivity contribution in [3.05, 3.63) is 59.2 Å². The van der Waals surface area contributed by atoms with Crippen LogP contribution in [0.25, 0.3) is 0 Å². The first kappa shape index (κ1) is 21.2. The molecule has 2 heterocycles. The molecule has 2 aliphatic rings. The Morgan fingerprint density at radius 1 is 1.03 bits per heavy atom. The van der Waals surface area contributed by atoms with Crippen molar-refractivity contribution in [3.63, 3.8) is 0 Å². The molecule has 2 aliphatic heterocycles. The number of fused-ring (bicyclic) bond motifs is 1. The van der Waals surface area contributed by atoms with Crippen molar-refractivity contribution in [1.82, 2.24) is 4.90 Å². The molecule has 0 bridgehead atoms. The number of anilines is 1. The lowest BCUT2D eigenvalue weighted by Gasteiger charge is -2.36. The number of hydrogen-bond donors (Lipinski definition) is 1. The first-order valence-electron chi connectivity index (χ1n) is 10.5. The van der Waals surface area contributed by atoms with Crippen LogP contribution in [0.1, 0.15) is 29.5 Å². The highest BCUT2D eigenvalue weighted by molar-refractivity contribution is 5.99. The molecule has 0 saturated carbocycles. The molecule has 0 radical (unpaired) electrons. The minimum atomic E-state index is -0.654. The summed E-state index contributed by atoms with van der Waals surface area (Å²) < 4.78 is 15.7. The molecular weight excluding hydrogens is 396 g/mol. The summed E-state index contributed by atoms with van der Waals surface area (Å²) in [5, 5.41) is 3.13. The monoisotopic (exact) mass is 424 g/mol. The maximum Gasteiger partial charge on any atom is 0.409 e. The Morgan fingerprint density at radius 2 is 1.77 bits per heavy atom. The number of rotatable bonds is 4. The number of carbonyl (C=O) groups excluding carboxylic acids is 2. The van der Waals surface area contributed by atoms with Crippen LogP contribution >= 0.6 is 0 Å². The standard InChI is InChI=1S/C24H28N2O5/c1-29-21-7-4-19(5-8-21)24(10-13-31-14-11-24)22(27)25-20-6-3-17-9-12-26(23(28)30-2)16-18(17)15-20/h3-8,15H,9-14,16H2,1-2H3,(H,25,27). The van der Waals surface area contributed by atoms with Crippen LogP contribution in [0.15, 0.2) is 42.5 Å². The third-order valence-corrected chi connectivity index (χ3v) is 6.33. The number of amides is 2. The fourth-order valence-corrected chi connectivity index (χ4v) is 4.45. The van der Waals surface area contributed by atoms with Crippen LogP contribution in [0.4, 0.5) is 10.5 Å². The largest absolute Gasteiger partial charge is 0.497 e. The van der Waals surface area contributed by atoms with Crippen molar-refractivity contribution in [1.29, 1.82) is 0 Å². The van der Waals surface area contributed by atoms with E-state index in [-0.39, 0.29) is 12.0 Å². The van der Waals surface area contributed by atoms with Crippen LogP contribution in [0.5, 0.6) is 5.75 Å². The smallest absolute Gasteiger partial charge is 0.409 e. The maximum absolute atomic E-state index is 13.5. The zero-order valence-electron chi connectivity index (χ0n) is 18.0. The molecule has 0 atom stereocenters. The van der Waals surface area contributed by atoms with Gasteiger partial charge in [-0.1, -0.05) is 18.2 Å². The molecular formula is C24H28N2O5. The van der Waals surface area contributed by atoms with E-state index < -0.39 is 5.41 Å². The van der Waals surface area contributed by atoms with E-state index in [1.807, 2.05) is 42.5 Å². The normalized spacial score (nSPS) is 17.4. The van der Waals surface area contributed by atoms with Gasteiger partial charge in [0.1, 0.15) is 5.75 Å². The second-order valence-electron chi connectivity index (χ2n) is 8.00. The third-order valence-electron chi connectivity index (χ3n) is 6.33. The van der Waals surface area contributed by atoms with E-state index >= 15 is 0 Å². The average Bonchev–Trinajstić information content (AvgIpc) is 2.83. The molecule has 2 aromatic carbocycles. The van der Waals surface area contributed by atoms with E-state index in [0.717, 1.165) is 29.0 Å². The second kappa shape index (κ2) is 8.98. The van der Waals surface area contributed by atoms with Gasteiger partial charge in [0.25, 0.3) is 0 Å². The van der Waals surface area contributed by atoms with Crippen molar-refractivity contribution >= 4 is 17.7 Å². The van der Waals surface area contributed by atoms with Gasteiger partial charge in [0.05, 0.1) is 19.6 Å². The van der Waals surface area contributed by atoms with Crippen LogP contribution in [0, 0.1) is 0 Å². The highest BCUT2D eigenvalue weighted by Crippen LogP contribution is 2.37. The van der Waals surface area contributed by atoms with Crippen molar-refractivity contribution < 1.29 is 23.8 Å². The lowest BCUT2D eigenvalue weighted by Crippen LogP contribution is -2.44. The van der Waals surface area contributed by atoms with Crippen molar-refractivity contribution in [2.45, 2.75) is 31.2 Å². The van der Waals surface area contributed by atoms with E-state index in [9.17, 15) is 9.59 Å². The van der Waals surface area contributed by atoms with Crippen molar-refractivity contribution in [2.24, 2.45) is 0 Å². The summed E-state index contributed by atoms with van der Waals surface area (Å²) >= 11 is 0. The topological polar surface area (TPSA) is 77.1 Å². The van der Waals surface area contributed by atoms with Crippen molar-refractivity contribution in [2.75, 3.05) is 39.3 Å². The van der Waals surface area contributed by atoms with E-state index in [0.29, 0.717) is 39.1 Å². The molecule has 4 rings (SSSR count). The van der Waals surface area contributed by atoms with Crippen LogP contribution in [-0.4, -0.2) is 50.9 Å². The van der Waals surface area contributed by atoms with E-state index in [4.69, 9.17) is 14.2 Å². The number of hydrogen-bond acceptors (Lipinski definition) is 5. The highest BCUT2D eigenvalue weighted by Gasteiger charge is 2.41. The first-order chi connectivity index (χ1) is 15.1. The number of benzene rings is 2. The zero-order valence-corrected chi connectivity index (χ0v) is 18.0. The molecule has 2 amide bonds. The van der Waals surface area contributed by atoms with E-state index in [1.165, 1.54) is 12.7 Å². The van der Waals surface area contributed by atoms with Gasteiger partial charge >= 0.3 is 6.09 Å². The van der Waals surface area contributed by atoms with Crippen LogP contribution in [-0.2, 0) is 32.6 Å². The predicted molar refractivity (Wildman–Crippen MR) is 116 cm³/mol. The Morgan fingerprint density at radius 3 is 2.45 bits per heavy atom. The summed E-state index contributed by atoms with van der Waals surface area (Å²) in [7, 11) is 3.02. The summed E-state index contributed by atoms with van der Waals surface area (Å²) in [4.78, 5) is 27.1. The average molecular weight is 424 g/mol. The Labute approximate surface area is 182 Å². The van der Waals surface area contributed by atoms with Gasteiger partial charge in [0.2, 0.25) is 5.91 Å². The molecule has 0 aromatic heterocycles. The van der Waals surface area contributed by atoms with Crippen LogP contribution < -0.4 is 10.1 Å². The van der Waals surface area contributed by atoms with Crippen molar-refractivity contribution in [3.8, 4) is 5.75 Å². The highest BCUT2D eigenvalue weighted by atomic mass is 16.5. The number of nitrogens with zero attached hydrogens (tertiary/aromatic N) is 1. The molecule has 1 N–H and O–H groups in total. The number of methoxy groups -OCH3 is 2. The molecule has 1 saturated heterocycles. The van der Waals surface area contributed by atoms with Gasteiger partial charge < -0.3 is 24.4 Å². The Hall–Kier alpha value is -3.06. The minimum absolute atomic E-state index is 0.0402. The molecule has 164 valence electrons. The lowest BCUT2D eigenvalue weighted by molar-refractivity contribution is -0.125. The number of carbonyl (C=O) groups is 2. The first-order valence-corrected chi connectivity index (χ1v) is 10.5. The minimum Gasteiger partial charge on any atom is -0.497 e.